The Balaban J connectivity index is 1.55. The monoisotopic (exact) mass is 458 g/mol. The van der Waals surface area contributed by atoms with Crippen molar-refractivity contribution in [1.82, 2.24) is 14.8 Å². The van der Waals surface area contributed by atoms with Gasteiger partial charge in [0.2, 0.25) is 11.8 Å². The highest BCUT2D eigenvalue weighted by molar-refractivity contribution is 8.00. The molecular formula is C23H30N4O4S. The molecule has 3 aromatic rings. The Hall–Kier alpha value is -2.65. The van der Waals surface area contributed by atoms with E-state index in [4.69, 9.17) is 13.9 Å². The maximum absolute atomic E-state index is 10.5. The van der Waals surface area contributed by atoms with Crippen LogP contribution in [0.15, 0.2) is 41.0 Å². The molecule has 0 aliphatic heterocycles. The molecule has 32 heavy (non-hydrogen) atoms. The first-order valence-electron chi connectivity index (χ1n) is 11.0. The third-order valence-electron chi connectivity index (χ3n) is 5.90. The second-order valence-corrected chi connectivity index (χ2v) is 8.78. The van der Waals surface area contributed by atoms with Crippen LogP contribution in [0.4, 0.5) is 5.95 Å². The summed E-state index contributed by atoms with van der Waals surface area (Å²) in [6.45, 7) is 0. The van der Waals surface area contributed by atoms with Crippen molar-refractivity contribution in [3.05, 3.63) is 36.6 Å². The summed E-state index contributed by atoms with van der Waals surface area (Å²) in [6, 6.07) is 9.23. The number of para-hydroxylation sites is 1. The van der Waals surface area contributed by atoms with Crippen LogP contribution < -0.4 is 14.2 Å². The fourth-order valence-electron chi connectivity index (χ4n) is 4.23. The van der Waals surface area contributed by atoms with E-state index in [2.05, 4.69) is 14.9 Å². The van der Waals surface area contributed by atoms with E-state index in [1.54, 1.807) is 20.5 Å². The number of benzene rings is 1. The summed E-state index contributed by atoms with van der Waals surface area (Å²) in [5.74, 6) is 4.06. The van der Waals surface area contributed by atoms with Gasteiger partial charge < -0.3 is 19.0 Å². The molecule has 1 fully saturated rings. The van der Waals surface area contributed by atoms with E-state index in [-0.39, 0.29) is 6.10 Å². The molecule has 2 aromatic heterocycles. The van der Waals surface area contributed by atoms with E-state index < -0.39 is 0 Å². The first kappa shape index (κ1) is 22.5. The van der Waals surface area contributed by atoms with Gasteiger partial charge in [-0.3, -0.25) is 9.29 Å². The lowest BCUT2D eigenvalue weighted by Gasteiger charge is -2.26. The Morgan fingerprint density at radius 2 is 1.88 bits per heavy atom. The van der Waals surface area contributed by atoms with Gasteiger partial charge in [-0.25, -0.2) is 0 Å². The van der Waals surface area contributed by atoms with Gasteiger partial charge in [-0.05, 0) is 49.4 Å². The van der Waals surface area contributed by atoms with E-state index in [0.29, 0.717) is 40.6 Å². The number of nitrogens with zero attached hydrogens (tertiary/aromatic N) is 3. The average Bonchev–Trinajstić information content (AvgIpc) is 3.51. The molecule has 1 unspecified atom stereocenters. The summed E-state index contributed by atoms with van der Waals surface area (Å²) in [4.78, 5) is 0. The predicted molar refractivity (Wildman–Crippen MR) is 125 cm³/mol. The summed E-state index contributed by atoms with van der Waals surface area (Å²) >= 11 is 1.50. The van der Waals surface area contributed by atoms with Crippen molar-refractivity contribution in [1.29, 1.82) is 0 Å². The Morgan fingerprint density at radius 3 is 2.53 bits per heavy atom. The van der Waals surface area contributed by atoms with Crippen molar-refractivity contribution < 1.29 is 19.0 Å². The van der Waals surface area contributed by atoms with Gasteiger partial charge in [0.15, 0.2) is 5.76 Å². The summed E-state index contributed by atoms with van der Waals surface area (Å²) in [7, 11) is 3.23. The maximum Gasteiger partial charge on any atom is 0.239 e. The van der Waals surface area contributed by atoms with Gasteiger partial charge in [-0.15, -0.1) is 10.2 Å². The van der Waals surface area contributed by atoms with Crippen molar-refractivity contribution in [2.75, 3.05) is 24.7 Å². The van der Waals surface area contributed by atoms with Crippen molar-refractivity contribution >= 4 is 17.9 Å². The summed E-state index contributed by atoms with van der Waals surface area (Å²) < 4.78 is 21.9. The normalized spacial score (nSPS) is 15.5. The van der Waals surface area contributed by atoms with Crippen molar-refractivity contribution in [3.8, 4) is 28.8 Å². The highest BCUT2D eigenvalue weighted by Crippen LogP contribution is 2.38. The largest absolute Gasteiger partial charge is 0.494 e. The number of hydrogen-bond acceptors (Lipinski definition) is 8. The number of aliphatic hydroxyl groups excluding tert-OH is 1. The molecule has 2 N–H and O–H groups in total. The van der Waals surface area contributed by atoms with E-state index in [1.165, 1.54) is 31.2 Å². The molecule has 2 heterocycles. The molecule has 1 atom stereocenters. The van der Waals surface area contributed by atoms with Gasteiger partial charge >= 0.3 is 0 Å². The first-order chi connectivity index (χ1) is 15.7. The molecule has 1 saturated carbocycles. The Morgan fingerprint density at radius 1 is 1.12 bits per heavy atom. The molecule has 0 amide bonds. The fraction of sp³-hybridized carbons (Fsp3) is 0.478. The number of anilines is 1. The van der Waals surface area contributed by atoms with Crippen LogP contribution in [0.5, 0.6) is 11.5 Å². The van der Waals surface area contributed by atoms with Crippen molar-refractivity contribution in [2.24, 2.45) is 5.92 Å². The van der Waals surface area contributed by atoms with Gasteiger partial charge in [0.25, 0.3) is 0 Å². The molecule has 0 radical (unpaired) electrons. The smallest absolute Gasteiger partial charge is 0.239 e. The van der Waals surface area contributed by atoms with E-state index in [0.717, 1.165) is 25.0 Å². The highest BCUT2D eigenvalue weighted by Gasteiger charge is 2.24. The number of aliphatic hydroxyl groups is 1. The summed E-state index contributed by atoms with van der Waals surface area (Å²) in [5, 5.41) is 19.3. The summed E-state index contributed by atoms with van der Waals surface area (Å²) in [5.41, 5.74) is 0.680. The standard InChI is InChI=1S/C23H30N4O4S/c1-29-18-10-6-11-19(30-2)21(18)27-22(20-12-7-14-31-20)24-25-23(27)26-32-15-13-17(28)16-8-4-3-5-9-16/h6-7,10-12,14,16-17,28H,3-5,8-9,13,15H2,1-2H3,(H,25,26). The minimum absolute atomic E-state index is 0.254. The topological polar surface area (TPSA) is 94.6 Å². The summed E-state index contributed by atoms with van der Waals surface area (Å²) in [6.07, 6.45) is 8.09. The second-order valence-electron chi connectivity index (χ2n) is 7.88. The first-order valence-corrected chi connectivity index (χ1v) is 12.0. The van der Waals surface area contributed by atoms with Crippen LogP contribution in [-0.4, -0.2) is 45.9 Å². The van der Waals surface area contributed by atoms with Gasteiger partial charge in [0.05, 0.1) is 26.6 Å². The number of methoxy groups -OCH3 is 2. The minimum atomic E-state index is -0.254. The molecule has 0 bridgehead atoms. The number of aromatic nitrogens is 3. The molecule has 9 heteroatoms. The maximum atomic E-state index is 10.5. The zero-order chi connectivity index (χ0) is 22.3. The molecular weight excluding hydrogens is 428 g/mol. The number of nitrogens with one attached hydrogen (secondary N) is 1. The van der Waals surface area contributed by atoms with Crippen LogP contribution in [-0.2, 0) is 0 Å². The highest BCUT2D eigenvalue weighted by atomic mass is 32.2. The molecule has 0 spiro atoms. The molecule has 1 aromatic carbocycles. The number of furan rings is 1. The third kappa shape index (κ3) is 4.88. The second kappa shape index (κ2) is 10.8. The predicted octanol–water partition coefficient (Wildman–Crippen LogP) is 4.94. The SMILES string of the molecule is COc1cccc(OC)c1-n1c(NSCCC(O)C2CCCCC2)nnc1-c1ccco1. The fourth-order valence-corrected chi connectivity index (χ4v) is 4.95. The van der Waals surface area contributed by atoms with Crippen molar-refractivity contribution in [2.45, 2.75) is 44.6 Å². The Labute approximate surface area is 192 Å². The van der Waals surface area contributed by atoms with Crippen LogP contribution in [0.3, 0.4) is 0 Å². The zero-order valence-electron chi connectivity index (χ0n) is 18.5. The van der Waals surface area contributed by atoms with E-state index in [1.807, 2.05) is 34.9 Å². The molecule has 0 saturated heterocycles. The molecule has 1 aliphatic carbocycles. The molecule has 4 rings (SSSR count). The molecule has 8 nitrogen and oxygen atoms in total. The van der Waals surface area contributed by atoms with Crippen LogP contribution in [0.25, 0.3) is 17.3 Å². The van der Waals surface area contributed by atoms with E-state index in [9.17, 15) is 5.11 Å². The van der Waals surface area contributed by atoms with Crippen LogP contribution in [0.2, 0.25) is 0 Å². The van der Waals surface area contributed by atoms with Crippen LogP contribution in [0.1, 0.15) is 38.5 Å². The number of hydrogen-bond donors (Lipinski definition) is 2. The Bertz CT molecular complexity index is 964. The van der Waals surface area contributed by atoms with Gasteiger partial charge in [-0.1, -0.05) is 37.3 Å². The lowest BCUT2D eigenvalue weighted by atomic mass is 9.84. The van der Waals surface area contributed by atoms with Gasteiger partial charge in [-0.2, -0.15) is 0 Å². The Kier molecular flexibility index (Phi) is 7.59. The minimum Gasteiger partial charge on any atom is -0.494 e. The lowest BCUT2D eigenvalue weighted by Crippen LogP contribution is -2.23. The van der Waals surface area contributed by atoms with Gasteiger partial charge in [0, 0.05) is 5.75 Å². The zero-order valence-corrected chi connectivity index (χ0v) is 19.3. The van der Waals surface area contributed by atoms with E-state index >= 15 is 0 Å². The molecule has 1 aliphatic rings. The van der Waals surface area contributed by atoms with Crippen molar-refractivity contribution in [3.63, 3.8) is 0 Å². The van der Waals surface area contributed by atoms with Crippen LogP contribution >= 0.6 is 11.9 Å². The quantitative estimate of drug-likeness (QED) is 0.326. The molecule has 172 valence electrons. The van der Waals surface area contributed by atoms with Crippen LogP contribution in [0, 0.1) is 5.92 Å². The number of ether oxygens (including phenoxy) is 2. The third-order valence-corrected chi connectivity index (χ3v) is 6.67. The van der Waals surface area contributed by atoms with Gasteiger partial charge in [0.1, 0.15) is 17.2 Å². The lowest BCUT2D eigenvalue weighted by molar-refractivity contribution is 0.0826. The average molecular weight is 459 g/mol. The number of rotatable bonds is 10.